The van der Waals surface area contributed by atoms with Crippen molar-refractivity contribution in [3.8, 4) is 0 Å². The van der Waals surface area contributed by atoms with Crippen molar-refractivity contribution in [2.75, 3.05) is 19.8 Å². The van der Waals surface area contributed by atoms with Crippen molar-refractivity contribution >= 4 is 11.9 Å². The largest absolute Gasteiger partial charge is 0.466 e. The number of unbranched alkanes of at least 4 members (excludes halogenated alkanes) is 40. The number of carbonyl (C=O) groups excluding carboxylic acids is 2. The van der Waals surface area contributed by atoms with Crippen LogP contribution in [0.4, 0.5) is 0 Å². The first-order chi connectivity index (χ1) is 42.2. The Hall–Kier alpha value is -2.90. The van der Waals surface area contributed by atoms with Crippen LogP contribution in [0.5, 0.6) is 0 Å². The predicted octanol–water partition coefficient (Wildman–Crippen LogP) is 18.7. The first-order valence-electron chi connectivity index (χ1n) is 36.2. The number of hydrogen-bond donors (Lipinski definition) is 6. The van der Waals surface area contributed by atoms with Crippen molar-refractivity contribution in [1.82, 2.24) is 5.32 Å². The van der Waals surface area contributed by atoms with Gasteiger partial charge in [-0.1, -0.05) is 279 Å². The number of rotatable bonds is 63. The second-order valence-electron chi connectivity index (χ2n) is 24.9. The van der Waals surface area contributed by atoms with Crippen LogP contribution < -0.4 is 5.32 Å². The van der Waals surface area contributed by atoms with Gasteiger partial charge in [-0.3, -0.25) is 9.59 Å². The fourth-order valence-corrected chi connectivity index (χ4v) is 11.1. The molecule has 0 aromatic rings. The minimum Gasteiger partial charge on any atom is -0.466 e. The van der Waals surface area contributed by atoms with E-state index in [1.807, 2.05) is 19.1 Å². The van der Waals surface area contributed by atoms with Crippen LogP contribution in [0.15, 0.2) is 72.9 Å². The summed E-state index contributed by atoms with van der Waals surface area (Å²) in [5.41, 5.74) is 0. The molecule has 0 aliphatic carbocycles. The molecule has 11 nitrogen and oxygen atoms in total. The maximum Gasteiger partial charge on any atom is 0.305 e. The van der Waals surface area contributed by atoms with Gasteiger partial charge in [-0.05, 0) is 110 Å². The van der Waals surface area contributed by atoms with Gasteiger partial charge in [0.25, 0.3) is 0 Å². The molecule has 0 radical (unpaired) electrons. The van der Waals surface area contributed by atoms with Crippen molar-refractivity contribution in [1.29, 1.82) is 0 Å². The van der Waals surface area contributed by atoms with E-state index in [-0.39, 0.29) is 18.5 Å². The van der Waals surface area contributed by atoms with E-state index in [9.17, 15) is 35.1 Å². The lowest BCUT2D eigenvalue weighted by Gasteiger charge is -2.40. The van der Waals surface area contributed by atoms with Crippen LogP contribution in [-0.4, -0.2) is 100 Å². The van der Waals surface area contributed by atoms with Crippen LogP contribution in [0.2, 0.25) is 0 Å². The van der Waals surface area contributed by atoms with Crippen molar-refractivity contribution in [2.24, 2.45) is 0 Å². The minimum atomic E-state index is -1.58. The topological polar surface area (TPSA) is 175 Å². The van der Waals surface area contributed by atoms with E-state index in [0.29, 0.717) is 19.4 Å². The quantitative estimate of drug-likeness (QED) is 0.0195. The molecule has 1 amide bonds. The molecule has 1 heterocycles. The zero-order chi connectivity index (χ0) is 62.3. The molecule has 7 atom stereocenters. The minimum absolute atomic E-state index is 0.00122. The van der Waals surface area contributed by atoms with Crippen molar-refractivity contribution in [3.05, 3.63) is 72.9 Å². The normalized spacial score (nSPS) is 18.3. The molecule has 0 aromatic carbocycles. The SMILES string of the molecule is C/C=C/CC/C=C/CC/C=C/C(O)C(COC1OC(CO)C(O)C(O)C1O)NC(=O)CCCCCCCCCCCCCCCCCCC/C=C\C/C=C\CCCCCCCCCCCOC(=O)CCCCCCC/C=C\CCCCCCCCC. The van der Waals surface area contributed by atoms with Gasteiger partial charge in [0.2, 0.25) is 5.91 Å². The van der Waals surface area contributed by atoms with Crippen LogP contribution in [0.1, 0.15) is 328 Å². The molecule has 0 saturated carbocycles. The highest BCUT2D eigenvalue weighted by Gasteiger charge is 2.44. The molecule has 7 unspecified atom stereocenters. The Kier molecular flexibility index (Phi) is 60.0. The third-order valence-electron chi connectivity index (χ3n) is 16.8. The summed E-state index contributed by atoms with van der Waals surface area (Å²) in [6.07, 6.45) is 76.6. The number of aliphatic hydroxyl groups is 5. The Balaban J connectivity index is 1.91. The van der Waals surface area contributed by atoms with Gasteiger partial charge in [0.05, 0.1) is 32.0 Å². The maximum absolute atomic E-state index is 13.0. The number of allylic oxidation sites excluding steroid dienone is 11. The van der Waals surface area contributed by atoms with Crippen molar-refractivity contribution in [2.45, 2.75) is 371 Å². The highest BCUT2D eigenvalue weighted by Crippen LogP contribution is 2.23. The first-order valence-corrected chi connectivity index (χ1v) is 36.2. The first kappa shape index (κ1) is 81.1. The molecule has 0 aromatic heterocycles. The van der Waals surface area contributed by atoms with Gasteiger partial charge < -0.3 is 45.1 Å². The second-order valence-corrected chi connectivity index (χ2v) is 24.9. The van der Waals surface area contributed by atoms with Crippen molar-refractivity contribution in [3.63, 3.8) is 0 Å². The van der Waals surface area contributed by atoms with Gasteiger partial charge in [0.1, 0.15) is 24.4 Å². The molecule has 1 aliphatic heterocycles. The Bertz CT molecular complexity index is 1660. The molecule has 1 fully saturated rings. The summed E-state index contributed by atoms with van der Waals surface area (Å²) in [6.45, 7) is 4.10. The molecule has 86 heavy (non-hydrogen) atoms. The second kappa shape index (κ2) is 63.7. The van der Waals surface area contributed by atoms with Gasteiger partial charge in [-0.2, -0.15) is 0 Å². The van der Waals surface area contributed by atoms with E-state index in [1.165, 1.54) is 231 Å². The maximum atomic E-state index is 13.0. The Morgan fingerprint density at radius 3 is 1.29 bits per heavy atom. The standard InChI is InChI=1S/C75H135NO10/c1-3-5-7-9-11-13-14-15-16-37-40-43-47-51-55-59-63-71(80)84-64-60-56-52-48-44-41-38-35-33-31-29-27-25-23-21-19-17-18-20-22-24-26-28-30-32-34-36-39-42-46-50-54-58-62-70(79)76-67(68(78)61-57-53-49-45-12-10-8-6-4-2)66-85-75-74(83)73(82)72(81)69(65-77)86-75/h4,6,12,16,21,23,27,29,37,45,57,61,67-69,72-75,77-78,81-83H,3,5,7-11,13-15,17-20,22,24-26,28,30-36,38-44,46-56,58-60,62-66H2,1-2H3,(H,76,79)/b6-4+,23-21-,29-27-,37-16-,45-12+,61-57+. The fourth-order valence-electron chi connectivity index (χ4n) is 11.1. The number of aliphatic hydroxyl groups excluding tert-OH is 5. The van der Waals surface area contributed by atoms with E-state index >= 15 is 0 Å². The van der Waals surface area contributed by atoms with Gasteiger partial charge in [0, 0.05) is 12.8 Å². The summed E-state index contributed by atoms with van der Waals surface area (Å²) in [7, 11) is 0. The Morgan fingerprint density at radius 1 is 0.453 bits per heavy atom. The lowest BCUT2D eigenvalue weighted by Crippen LogP contribution is -2.60. The number of carbonyl (C=O) groups is 2. The average Bonchev–Trinajstić information content (AvgIpc) is 3.02. The molecular formula is C75H135NO10. The predicted molar refractivity (Wildman–Crippen MR) is 361 cm³/mol. The smallest absolute Gasteiger partial charge is 0.305 e. The summed E-state index contributed by atoms with van der Waals surface area (Å²) in [4.78, 5) is 25.1. The number of amides is 1. The van der Waals surface area contributed by atoms with Gasteiger partial charge in [0.15, 0.2) is 6.29 Å². The zero-order valence-corrected chi connectivity index (χ0v) is 55.5. The lowest BCUT2D eigenvalue weighted by atomic mass is 9.99. The van der Waals surface area contributed by atoms with Gasteiger partial charge >= 0.3 is 5.97 Å². The molecule has 1 aliphatic rings. The molecule has 1 rings (SSSR count). The van der Waals surface area contributed by atoms with Gasteiger partial charge in [-0.15, -0.1) is 0 Å². The zero-order valence-electron chi connectivity index (χ0n) is 55.5. The number of ether oxygens (including phenoxy) is 3. The number of nitrogens with one attached hydrogen (secondary N) is 1. The monoisotopic (exact) mass is 1210 g/mol. The highest BCUT2D eigenvalue weighted by atomic mass is 16.7. The van der Waals surface area contributed by atoms with Crippen molar-refractivity contribution < 1.29 is 49.3 Å². The van der Waals surface area contributed by atoms with E-state index in [1.54, 1.807) is 6.08 Å². The number of hydrogen-bond acceptors (Lipinski definition) is 10. The average molecular weight is 1210 g/mol. The summed E-state index contributed by atoms with van der Waals surface area (Å²) >= 11 is 0. The summed E-state index contributed by atoms with van der Waals surface area (Å²) < 4.78 is 16.7. The third kappa shape index (κ3) is 51.9. The Labute approximate surface area is 528 Å². The van der Waals surface area contributed by atoms with E-state index < -0.39 is 49.5 Å². The molecule has 11 heteroatoms. The number of esters is 1. The summed E-state index contributed by atoms with van der Waals surface area (Å²) in [6, 6.07) is -0.833. The summed E-state index contributed by atoms with van der Waals surface area (Å²) in [5, 5.41) is 54.2. The molecule has 500 valence electrons. The van der Waals surface area contributed by atoms with E-state index in [0.717, 1.165) is 70.6 Å². The highest BCUT2D eigenvalue weighted by molar-refractivity contribution is 5.76. The van der Waals surface area contributed by atoms with E-state index in [2.05, 4.69) is 66.9 Å². The fraction of sp³-hybridized carbons (Fsp3) is 0.813. The van der Waals surface area contributed by atoms with Crippen LogP contribution in [-0.2, 0) is 23.8 Å². The van der Waals surface area contributed by atoms with Crippen LogP contribution in [0, 0.1) is 0 Å². The lowest BCUT2D eigenvalue weighted by molar-refractivity contribution is -0.302. The molecule has 6 N–H and O–H groups in total. The van der Waals surface area contributed by atoms with Crippen LogP contribution in [0.25, 0.3) is 0 Å². The third-order valence-corrected chi connectivity index (χ3v) is 16.8. The summed E-state index contributed by atoms with van der Waals surface area (Å²) in [5.74, 6) is -0.199. The van der Waals surface area contributed by atoms with Crippen LogP contribution in [0.3, 0.4) is 0 Å². The molecule has 0 bridgehead atoms. The molecule has 1 saturated heterocycles. The molecular weight excluding hydrogens is 1070 g/mol. The van der Waals surface area contributed by atoms with E-state index in [4.69, 9.17) is 14.2 Å². The van der Waals surface area contributed by atoms with Gasteiger partial charge in [-0.25, -0.2) is 0 Å². The van der Waals surface area contributed by atoms with Crippen LogP contribution >= 0.6 is 0 Å². The molecule has 0 spiro atoms. The Morgan fingerprint density at radius 2 is 0.837 bits per heavy atom.